The van der Waals surface area contributed by atoms with Crippen molar-refractivity contribution in [2.75, 3.05) is 11.1 Å². The zero-order valence-electron chi connectivity index (χ0n) is 11.0. The summed E-state index contributed by atoms with van der Waals surface area (Å²) < 4.78 is 1.79. The summed E-state index contributed by atoms with van der Waals surface area (Å²) in [5.41, 5.74) is 2.02. The van der Waals surface area contributed by atoms with Crippen LogP contribution in [-0.4, -0.2) is 26.4 Å². The lowest BCUT2D eigenvalue weighted by Gasteiger charge is -2.09. The summed E-state index contributed by atoms with van der Waals surface area (Å²) in [6.07, 6.45) is 2.51. The standard InChI is InChI=1S/C13H16N4OS/c1-3-10-6-4-5-7-11(10)15-12(18)8-19-13-16-14-9-17(13)2/h4-7,9H,3,8H2,1-2H3,(H,15,18). The van der Waals surface area contributed by atoms with Gasteiger partial charge in [-0.25, -0.2) is 0 Å². The zero-order chi connectivity index (χ0) is 13.7. The molecule has 0 bridgehead atoms. The predicted octanol–water partition coefficient (Wildman–Crippen LogP) is 2.11. The number of nitrogens with zero attached hydrogens (tertiary/aromatic N) is 3. The molecule has 0 atom stereocenters. The van der Waals surface area contributed by atoms with Crippen LogP contribution in [0.2, 0.25) is 0 Å². The summed E-state index contributed by atoms with van der Waals surface area (Å²) >= 11 is 1.37. The molecule has 0 saturated carbocycles. The molecule has 0 spiro atoms. The maximum atomic E-state index is 11.9. The second-order valence-electron chi connectivity index (χ2n) is 4.07. The third kappa shape index (κ3) is 3.57. The van der Waals surface area contributed by atoms with Gasteiger partial charge >= 0.3 is 0 Å². The van der Waals surface area contributed by atoms with Gasteiger partial charge in [0.05, 0.1) is 5.75 Å². The van der Waals surface area contributed by atoms with Crippen molar-refractivity contribution in [2.24, 2.45) is 7.05 Å². The Morgan fingerprint density at radius 1 is 1.42 bits per heavy atom. The first-order valence-electron chi connectivity index (χ1n) is 6.05. The molecular weight excluding hydrogens is 260 g/mol. The van der Waals surface area contributed by atoms with Crippen molar-refractivity contribution >= 4 is 23.4 Å². The molecule has 0 aliphatic carbocycles. The fraction of sp³-hybridized carbons (Fsp3) is 0.308. The molecule has 0 radical (unpaired) electrons. The van der Waals surface area contributed by atoms with E-state index in [0.29, 0.717) is 5.75 Å². The molecule has 6 heteroatoms. The number of aryl methyl sites for hydroxylation is 2. The highest BCUT2D eigenvalue weighted by Gasteiger charge is 2.08. The van der Waals surface area contributed by atoms with Crippen LogP contribution in [0, 0.1) is 0 Å². The number of nitrogens with one attached hydrogen (secondary N) is 1. The van der Waals surface area contributed by atoms with Crippen molar-refractivity contribution in [3.8, 4) is 0 Å². The molecule has 1 heterocycles. The van der Waals surface area contributed by atoms with Gasteiger partial charge in [-0.1, -0.05) is 36.9 Å². The molecule has 2 rings (SSSR count). The van der Waals surface area contributed by atoms with Crippen LogP contribution in [0.1, 0.15) is 12.5 Å². The average Bonchev–Trinajstić information content (AvgIpc) is 2.82. The Balaban J connectivity index is 1.93. The van der Waals surface area contributed by atoms with Crippen LogP contribution in [-0.2, 0) is 18.3 Å². The fourth-order valence-corrected chi connectivity index (χ4v) is 2.36. The number of aromatic nitrogens is 3. The van der Waals surface area contributed by atoms with Gasteiger partial charge in [0.25, 0.3) is 0 Å². The van der Waals surface area contributed by atoms with Crippen LogP contribution in [0.15, 0.2) is 35.7 Å². The summed E-state index contributed by atoms with van der Waals surface area (Å²) in [6, 6.07) is 7.84. The Labute approximate surface area is 116 Å². The van der Waals surface area contributed by atoms with Crippen LogP contribution in [0.4, 0.5) is 5.69 Å². The maximum absolute atomic E-state index is 11.9. The highest BCUT2D eigenvalue weighted by molar-refractivity contribution is 7.99. The van der Waals surface area contributed by atoms with Gasteiger partial charge in [-0.15, -0.1) is 10.2 Å². The van der Waals surface area contributed by atoms with E-state index < -0.39 is 0 Å². The van der Waals surface area contributed by atoms with Gasteiger partial charge < -0.3 is 9.88 Å². The molecule has 2 aromatic rings. The van der Waals surface area contributed by atoms with Gasteiger partial charge in [-0.2, -0.15) is 0 Å². The zero-order valence-corrected chi connectivity index (χ0v) is 11.8. The first kappa shape index (κ1) is 13.6. The summed E-state index contributed by atoms with van der Waals surface area (Å²) in [6.45, 7) is 2.07. The van der Waals surface area contributed by atoms with Crippen LogP contribution >= 0.6 is 11.8 Å². The van der Waals surface area contributed by atoms with Crippen molar-refractivity contribution in [2.45, 2.75) is 18.5 Å². The Morgan fingerprint density at radius 2 is 2.21 bits per heavy atom. The van der Waals surface area contributed by atoms with E-state index in [9.17, 15) is 4.79 Å². The second kappa shape index (κ2) is 6.38. The van der Waals surface area contributed by atoms with E-state index in [0.717, 1.165) is 22.8 Å². The van der Waals surface area contributed by atoms with Gasteiger partial charge in [0.15, 0.2) is 5.16 Å². The number of benzene rings is 1. The minimum absolute atomic E-state index is 0.0334. The van der Waals surface area contributed by atoms with E-state index in [1.807, 2.05) is 31.3 Å². The van der Waals surface area contributed by atoms with E-state index in [2.05, 4.69) is 22.4 Å². The number of rotatable bonds is 5. The van der Waals surface area contributed by atoms with Gasteiger partial charge in [-0.3, -0.25) is 4.79 Å². The van der Waals surface area contributed by atoms with Crippen molar-refractivity contribution in [3.63, 3.8) is 0 Å². The fourth-order valence-electron chi connectivity index (χ4n) is 1.67. The monoisotopic (exact) mass is 276 g/mol. The molecule has 0 aliphatic heterocycles. The first-order valence-corrected chi connectivity index (χ1v) is 7.03. The average molecular weight is 276 g/mol. The van der Waals surface area contributed by atoms with E-state index in [1.54, 1.807) is 10.9 Å². The number of hydrogen-bond donors (Lipinski definition) is 1. The molecule has 0 aliphatic rings. The summed E-state index contributed by atoms with van der Waals surface area (Å²) in [5, 5.41) is 11.4. The van der Waals surface area contributed by atoms with Gasteiger partial charge in [0, 0.05) is 12.7 Å². The van der Waals surface area contributed by atoms with Crippen LogP contribution < -0.4 is 5.32 Å². The van der Waals surface area contributed by atoms with Crippen molar-refractivity contribution in [1.29, 1.82) is 0 Å². The van der Waals surface area contributed by atoms with Crippen molar-refractivity contribution in [1.82, 2.24) is 14.8 Å². The van der Waals surface area contributed by atoms with Crippen LogP contribution in [0.3, 0.4) is 0 Å². The molecule has 100 valence electrons. The predicted molar refractivity (Wildman–Crippen MR) is 76.2 cm³/mol. The lowest BCUT2D eigenvalue weighted by atomic mass is 10.1. The summed E-state index contributed by atoms with van der Waals surface area (Å²) in [5.74, 6) is 0.291. The highest BCUT2D eigenvalue weighted by atomic mass is 32.2. The van der Waals surface area contributed by atoms with Crippen molar-refractivity contribution < 1.29 is 4.79 Å². The van der Waals surface area contributed by atoms with Gasteiger partial charge in [0.1, 0.15) is 6.33 Å². The smallest absolute Gasteiger partial charge is 0.234 e. The lowest BCUT2D eigenvalue weighted by Crippen LogP contribution is -2.15. The molecule has 0 unspecified atom stereocenters. The van der Waals surface area contributed by atoms with Crippen LogP contribution in [0.25, 0.3) is 0 Å². The first-order chi connectivity index (χ1) is 9.20. The molecule has 0 saturated heterocycles. The number of amides is 1. The lowest BCUT2D eigenvalue weighted by molar-refractivity contribution is -0.113. The van der Waals surface area contributed by atoms with E-state index in [1.165, 1.54) is 11.8 Å². The molecule has 1 N–H and O–H groups in total. The third-order valence-corrected chi connectivity index (χ3v) is 3.71. The second-order valence-corrected chi connectivity index (χ2v) is 5.01. The topological polar surface area (TPSA) is 59.8 Å². The minimum atomic E-state index is -0.0334. The summed E-state index contributed by atoms with van der Waals surface area (Å²) in [7, 11) is 1.85. The Morgan fingerprint density at radius 3 is 2.89 bits per heavy atom. The number of thioether (sulfide) groups is 1. The molecule has 1 aromatic heterocycles. The quantitative estimate of drug-likeness (QED) is 0.850. The van der Waals surface area contributed by atoms with E-state index in [4.69, 9.17) is 0 Å². The Kier molecular flexibility index (Phi) is 4.57. The highest BCUT2D eigenvalue weighted by Crippen LogP contribution is 2.17. The molecule has 0 fully saturated rings. The Bertz CT molecular complexity index is 567. The molecule has 5 nitrogen and oxygen atoms in total. The number of anilines is 1. The van der Waals surface area contributed by atoms with Crippen molar-refractivity contribution in [3.05, 3.63) is 36.2 Å². The summed E-state index contributed by atoms with van der Waals surface area (Å²) in [4.78, 5) is 11.9. The number of carbonyl (C=O) groups is 1. The maximum Gasteiger partial charge on any atom is 0.234 e. The largest absolute Gasteiger partial charge is 0.325 e. The number of para-hydroxylation sites is 1. The number of hydrogen-bond acceptors (Lipinski definition) is 4. The SMILES string of the molecule is CCc1ccccc1NC(=O)CSc1nncn1C. The molecule has 1 amide bonds. The molecular formula is C13H16N4OS. The minimum Gasteiger partial charge on any atom is -0.325 e. The number of carbonyl (C=O) groups excluding carboxylic acids is 1. The van der Waals surface area contributed by atoms with E-state index >= 15 is 0 Å². The molecule has 1 aromatic carbocycles. The van der Waals surface area contributed by atoms with Gasteiger partial charge in [0.2, 0.25) is 5.91 Å². The normalized spacial score (nSPS) is 10.4. The Hall–Kier alpha value is -1.82. The third-order valence-electron chi connectivity index (χ3n) is 2.67. The van der Waals surface area contributed by atoms with E-state index in [-0.39, 0.29) is 5.91 Å². The van der Waals surface area contributed by atoms with Gasteiger partial charge in [-0.05, 0) is 18.1 Å². The molecule has 19 heavy (non-hydrogen) atoms. The van der Waals surface area contributed by atoms with Crippen LogP contribution in [0.5, 0.6) is 0 Å².